The maximum atomic E-state index is 11.5. The molecule has 1 aromatic rings. The van der Waals surface area contributed by atoms with Crippen molar-refractivity contribution in [3.8, 4) is 0 Å². The summed E-state index contributed by atoms with van der Waals surface area (Å²) in [6.45, 7) is 3.88. The van der Waals surface area contributed by atoms with Gasteiger partial charge in [0.2, 0.25) is 0 Å². The summed E-state index contributed by atoms with van der Waals surface area (Å²) in [6, 6.07) is 6.44. The standard InChI is InChI=1S/C13H13N3O3/c1-2-7-19-15-8-10-3-5-11(6-4-10)16-12(17)9-14-13(16)18/h2-6,8H,1,7,9H2,(H,14,18). The molecule has 0 aromatic heterocycles. The fourth-order valence-corrected chi connectivity index (χ4v) is 1.59. The molecule has 1 aliphatic rings. The lowest BCUT2D eigenvalue weighted by Gasteiger charge is -2.11. The first-order valence-corrected chi connectivity index (χ1v) is 5.69. The molecule has 0 spiro atoms. The quantitative estimate of drug-likeness (QED) is 0.285. The van der Waals surface area contributed by atoms with Gasteiger partial charge in [0, 0.05) is 0 Å². The number of hydrogen-bond donors (Lipinski definition) is 1. The molecule has 1 aliphatic heterocycles. The van der Waals surface area contributed by atoms with Crippen LogP contribution in [0.3, 0.4) is 0 Å². The van der Waals surface area contributed by atoms with Crippen LogP contribution in [0.1, 0.15) is 5.56 Å². The van der Waals surface area contributed by atoms with E-state index < -0.39 is 6.03 Å². The van der Waals surface area contributed by atoms with Crippen LogP contribution < -0.4 is 10.2 Å². The molecule has 19 heavy (non-hydrogen) atoms. The average molecular weight is 259 g/mol. The number of rotatable bonds is 5. The largest absolute Gasteiger partial charge is 0.392 e. The van der Waals surface area contributed by atoms with Crippen LogP contribution in [0.15, 0.2) is 42.1 Å². The third-order valence-electron chi connectivity index (χ3n) is 2.46. The van der Waals surface area contributed by atoms with Gasteiger partial charge >= 0.3 is 6.03 Å². The molecular formula is C13H13N3O3. The lowest BCUT2D eigenvalue weighted by atomic mass is 10.2. The minimum atomic E-state index is -0.402. The molecular weight excluding hydrogens is 246 g/mol. The van der Waals surface area contributed by atoms with Crippen molar-refractivity contribution in [1.29, 1.82) is 0 Å². The average Bonchev–Trinajstić information content (AvgIpc) is 2.75. The van der Waals surface area contributed by atoms with Crippen molar-refractivity contribution in [2.75, 3.05) is 18.1 Å². The molecule has 6 nitrogen and oxygen atoms in total. The Bertz CT molecular complexity index is 506. The lowest BCUT2D eigenvalue weighted by Crippen LogP contribution is -2.30. The van der Waals surface area contributed by atoms with Crippen LogP contribution in [0.4, 0.5) is 10.5 Å². The summed E-state index contributed by atoms with van der Waals surface area (Å²) in [5, 5.41) is 6.19. The van der Waals surface area contributed by atoms with Gasteiger partial charge in [0.15, 0.2) is 0 Å². The predicted molar refractivity (Wildman–Crippen MR) is 71.1 cm³/mol. The van der Waals surface area contributed by atoms with Gasteiger partial charge < -0.3 is 10.2 Å². The Morgan fingerprint density at radius 3 is 2.68 bits per heavy atom. The molecule has 1 heterocycles. The highest BCUT2D eigenvalue weighted by atomic mass is 16.6. The fourth-order valence-electron chi connectivity index (χ4n) is 1.59. The molecule has 0 atom stereocenters. The number of anilines is 1. The summed E-state index contributed by atoms with van der Waals surface area (Å²) in [5.74, 6) is -0.263. The van der Waals surface area contributed by atoms with Gasteiger partial charge in [-0.15, -0.1) is 0 Å². The van der Waals surface area contributed by atoms with Crippen LogP contribution >= 0.6 is 0 Å². The number of hydrogen-bond acceptors (Lipinski definition) is 4. The van der Waals surface area contributed by atoms with E-state index in [0.29, 0.717) is 12.3 Å². The third kappa shape index (κ3) is 2.98. The van der Waals surface area contributed by atoms with Crippen molar-refractivity contribution in [2.24, 2.45) is 5.16 Å². The van der Waals surface area contributed by atoms with Gasteiger partial charge in [-0.3, -0.25) is 4.79 Å². The number of carbonyl (C=O) groups excluding carboxylic acids is 2. The molecule has 1 N–H and O–H groups in total. The highest BCUT2D eigenvalue weighted by Gasteiger charge is 2.29. The van der Waals surface area contributed by atoms with E-state index in [1.54, 1.807) is 36.6 Å². The summed E-state index contributed by atoms with van der Waals surface area (Å²) in [5.41, 5.74) is 1.34. The van der Waals surface area contributed by atoms with Crippen molar-refractivity contribution in [3.05, 3.63) is 42.5 Å². The molecule has 0 saturated carbocycles. The van der Waals surface area contributed by atoms with E-state index in [1.807, 2.05) is 0 Å². The Labute approximate surface area is 110 Å². The van der Waals surface area contributed by atoms with Crippen molar-refractivity contribution in [2.45, 2.75) is 0 Å². The topological polar surface area (TPSA) is 71.0 Å². The number of benzene rings is 1. The third-order valence-corrected chi connectivity index (χ3v) is 2.46. The van der Waals surface area contributed by atoms with Gasteiger partial charge in [0.05, 0.1) is 18.4 Å². The van der Waals surface area contributed by atoms with Crippen LogP contribution in [0.2, 0.25) is 0 Å². The second-order valence-corrected chi connectivity index (χ2v) is 3.80. The van der Waals surface area contributed by atoms with Gasteiger partial charge in [-0.05, 0) is 17.7 Å². The lowest BCUT2D eigenvalue weighted by molar-refractivity contribution is -0.115. The zero-order valence-electron chi connectivity index (χ0n) is 10.2. The molecule has 2 rings (SSSR count). The van der Waals surface area contributed by atoms with E-state index in [-0.39, 0.29) is 12.5 Å². The number of imide groups is 1. The number of carbonyl (C=O) groups is 2. The van der Waals surface area contributed by atoms with Crippen molar-refractivity contribution >= 4 is 23.8 Å². The molecule has 98 valence electrons. The monoisotopic (exact) mass is 259 g/mol. The Morgan fingerprint density at radius 1 is 1.37 bits per heavy atom. The second kappa shape index (κ2) is 5.81. The SMILES string of the molecule is C=CCON=Cc1ccc(N2C(=O)CNC2=O)cc1. The Morgan fingerprint density at radius 2 is 2.11 bits per heavy atom. The first kappa shape index (κ1) is 12.8. The Hall–Kier alpha value is -2.63. The predicted octanol–water partition coefficient (Wildman–Crippen LogP) is 1.28. The molecule has 3 amide bonds. The van der Waals surface area contributed by atoms with Gasteiger partial charge in [-0.25, -0.2) is 9.69 Å². The maximum Gasteiger partial charge on any atom is 0.329 e. The van der Waals surface area contributed by atoms with E-state index in [0.717, 1.165) is 10.5 Å². The van der Waals surface area contributed by atoms with E-state index >= 15 is 0 Å². The minimum absolute atomic E-state index is 0.0391. The summed E-state index contributed by atoms with van der Waals surface area (Å²) in [4.78, 5) is 28.9. The van der Waals surface area contributed by atoms with Gasteiger partial charge in [-0.1, -0.05) is 29.9 Å². The fraction of sp³-hybridized carbons (Fsp3) is 0.154. The number of urea groups is 1. The number of amides is 3. The van der Waals surface area contributed by atoms with E-state index in [4.69, 9.17) is 4.84 Å². The molecule has 0 aliphatic carbocycles. The Kier molecular flexibility index (Phi) is 3.92. The van der Waals surface area contributed by atoms with Crippen molar-refractivity contribution in [3.63, 3.8) is 0 Å². The molecule has 1 saturated heterocycles. The van der Waals surface area contributed by atoms with Crippen molar-refractivity contribution < 1.29 is 14.4 Å². The highest BCUT2D eigenvalue weighted by molar-refractivity contribution is 6.19. The molecule has 0 radical (unpaired) electrons. The molecule has 6 heteroatoms. The molecule has 0 unspecified atom stereocenters. The van der Waals surface area contributed by atoms with Gasteiger partial charge in [-0.2, -0.15) is 0 Å². The zero-order valence-corrected chi connectivity index (χ0v) is 10.2. The normalized spacial score (nSPS) is 14.8. The van der Waals surface area contributed by atoms with E-state index in [2.05, 4.69) is 17.1 Å². The van der Waals surface area contributed by atoms with Crippen LogP contribution in [-0.4, -0.2) is 31.3 Å². The summed E-state index contributed by atoms with van der Waals surface area (Å²) in [7, 11) is 0. The van der Waals surface area contributed by atoms with E-state index in [1.165, 1.54) is 0 Å². The maximum absolute atomic E-state index is 11.5. The molecule has 1 fully saturated rings. The highest BCUT2D eigenvalue weighted by Crippen LogP contribution is 2.17. The van der Waals surface area contributed by atoms with Crippen LogP contribution in [0.25, 0.3) is 0 Å². The smallest absolute Gasteiger partial charge is 0.329 e. The summed E-state index contributed by atoms with van der Waals surface area (Å²) in [6.07, 6.45) is 3.14. The summed E-state index contributed by atoms with van der Waals surface area (Å²) < 4.78 is 0. The first-order chi connectivity index (χ1) is 9.22. The van der Waals surface area contributed by atoms with Crippen molar-refractivity contribution in [1.82, 2.24) is 5.32 Å². The first-order valence-electron chi connectivity index (χ1n) is 5.69. The van der Waals surface area contributed by atoms with E-state index in [9.17, 15) is 9.59 Å². The van der Waals surface area contributed by atoms with Gasteiger partial charge in [0.25, 0.3) is 5.91 Å². The number of oxime groups is 1. The number of nitrogens with one attached hydrogen (secondary N) is 1. The Balaban J connectivity index is 2.06. The van der Waals surface area contributed by atoms with Crippen LogP contribution in [0.5, 0.6) is 0 Å². The number of nitrogens with zero attached hydrogens (tertiary/aromatic N) is 2. The second-order valence-electron chi connectivity index (χ2n) is 3.80. The van der Waals surface area contributed by atoms with Crippen LogP contribution in [0, 0.1) is 0 Å². The molecule has 1 aromatic carbocycles. The van der Waals surface area contributed by atoms with Crippen LogP contribution in [-0.2, 0) is 9.63 Å². The minimum Gasteiger partial charge on any atom is -0.392 e. The van der Waals surface area contributed by atoms with Gasteiger partial charge in [0.1, 0.15) is 6.61 Å². The zero-order chi connectivity index (χ0) is 13.7. The summed E-state index contributed by atoms with van der Waals surface area (Å²) >= 11 is 0. The molecule has 0 bridgehead atoms.